The van der Waals surface area contributed by atoms with Gasteiger partial charge in [-0.1, -0.05) is 13.8 Å². The molecule has 0 aliphatic rings. The van der Waals surface area contributed by atoms with E-state index in [9.17, 15) is 14.7 Å². The number of nitrogens with one attached hydrogen (secondary N) is 2. The van der Waals surface area contributed by atoms with Crippen molar-refractivity contribution in [1.29, 1.82) is 0 Å². The molecule has 0 fully saturated rings. The van der Waals surface area contributed by atoms with Crippen LogP contribution in [-0.2, 0) is 11.2 Å². The van der Waals surface area contributed by atoms with Crippen LogP contribution in [0.3, 0.4) is 0 Å². The summed E-state index contributed by atoms with van der Waals surface area (Å²) in [6, 6.07) is 9.44. The molecule has 3 aromatic rings. The lowest BCUT2D eigenvalue weighted by Crippen LogP contribution is -2.44. The van der Waals surface area contributed by atoms with Crippen molar-refractivity contribution in [2.75, 3.05) is 44.2 Å². The maximum absolute atomic E-state index is 12.4. The van der Waals surface area contributed by atoms with E-state index in [-0.39, 0.29) is 11.9 Å². The van der Waals surface area contributed by atoms with Crippen LogP contribution in [0.4, 0.5) is 17.5 Å². The molecule has 0 bridgehead atoms. The molecule has 0 saturated carbocycles. The molecule has 0 spiro atoms. The predicted molar refractivity (Wildman–Crippen MR) is 147 cm³/mol. The molecule has 12 nitrogen and oxygen atoms in total. The summed E-state index contributed by atoms with van der Waals surface area (Å²) in [7, 11) is 3.09. The Morgan fingerprint density at radius 2 is 1.69 bits per heavy atom. The van der Waals surface area contributed by atoms with Gasteiger partial charge >= 0.3 is 5.97 Å². The second kappa shape index (κ2) is 13.2. The van der Waals surface area contributed by atoms with Gasteiger partial charge in [0.05, 0.1) is 14.2 Å². The van der Waals surface area contributed by atoms with Crippen LogP contribution in [0.5, 0.6) is 17.2 Å². The molecule has 1 aromatic heterocycles. The van der Waals surface area contributed by atoms with Gasteiger partial charge in [0.25, 0.3) is 5.91 Å². The van der Waals surface area contributed by atoms with Crippen molar-refractivity contribution in [3.8, 4) is 17.2 Å². The zero-order chi connectivity index (χ0) is 28.5. The highest BCUT2D eigenvalue weighted by Gasteiger charge is 2.24. The molecule has 39 heavy (non-hydrogen) atoms. The summed E-state index contributed by atoms with van der Waals surface area (Å²) in [6.07, 6.45) is 2.03. The van der Waals surface area contributed by atoms with Crippen molar-refractivity contribution in [2.45, 2.75) is 26.3 Å². The predicted octanol–water partition coefficient (Wildman–Crippen LogP) is 2.58. The fourth-order valence-electron chi connectivity index (χ4n) is 3.79. The van der Waals surface area contributed by atoms with Crippen LogP contribution < -0.4 is 36.3 Å². The third-order valence-electron chi connectivity index (χ3n) is 5.88. The summed E-state index contributed by atoms with van der Waals surface area (Å²) in [5, 5.41) is 15.0. The number of nitrogen functional groups attached to an aromatic ring is 2. The fraction of sp³-hybridized carbons (Fsp3) is 0.333. The van der Waals surface area contributed by atoms with E-state index in [1.165, 1.54) is 0 Å². The topological polar surface area (TPSA) is 184 Å². The first-order chi connectivity index (χ1) is 18.6. The maximum atomic E-state index is 12.4. The molecule has 208 valence electrons. The number of carboxylic acids is 1. The average molecular weight is 539 g/mol. The minimum absolute atomic E-state index is 0.112. The summed E-state index contributed by atoms with van der Waals surface area (Å²) < 4.78 is 17.1. The fourth-order valence-corrected chi connectivity index (χ4v) is 3.79. The molecule has 1 atom stereocenters. The largest absolute Gasteiger partial charge is 0.493 e. The van der Waals surface area contributed by atoms with Crippen LogP contribution in [0.25, 0.3) is 0 Å². The summed E-state index contributed by atoms with van der Waals surface area (Å²) in [5.41, 5.74) is 14.3. The smallest absolute Gasteiger partial charge is 0.326 e. The summed E-state index contributed by atoms with van der Waals surface area (Å²) in [6.45, 7) is 4.22. The molecule has 2 aromatic carbocycles. The Kier molecular flexibility index (Phi) is 9.74. The van der Waals surface area contributed by atoms with Crippen molar-refractivity contribution in [2.24, 2.45) is 5.92 Å². The Labute approximate surface area is 226 Å². The molecule has 1 amide bonds. The number of aliphatic carboxylic acids is 1. The number of methoxy groups -OCH3 is 2. The number of benzene rings is 2. The van der Waals surface area contributed by atoms with E-state index in [1.54, 1.807) is 58.5 Å². The Balaban J connectivity index is 1.59. The number of hydrogen-bond acceptors (Lipinski definition) is 10. The van der Waals surface area contributed by atoms with Crippen molar-refractivity contribution in [3.05, 3.63) is 59.3 Å². The van der Waals surface area contributed by atoms with E-state index < -0.39 is 17.9 Å². The minimum Gasteiger partial charge on any atom is -0.493 e. The van der Waals surface area contributed by atoms with Gasteiger partial charge in [0.15, 0.2) is 11.5 Å². The maximum Gasteiger partial charge on any atom is 0.326 e. The van der Waals surface area contributed by atoms with E-state index >= 15 is 0 Å². The Morgan fingerprint density at radius 3 is 2.23 bits per heavy atom. The lowest BCUT2D eigenvalue weighted by molar-refractivity contribution is -0.140. The highest BCUT2D eigenvalue weighted by atomic mass is 16.5. The number of anilines is 3. The quantitative estimate of drug-likeness (QED) is 0.202. The average Bonchev–Trinajstić information content (AvgIpc) is 2.91. The third-order valence-corrected chi connectivity index (χ3v) is 5.88. The van der Waals surface area contributed by atoms with Crippen molar-refractivity contribution < 1.29 is 28.9 Å². The van der Waals surface area contributed by atoms with E-state index in [2.05, 4.69) is 20.6 Å². The lowest BCUT2D eigenvalue weighted by Gasteiger charge is -2.18. The number of carbonyl (C=O) groups is 2. The second-order valence-corrected chi connectivity index (χ2v) is 9.03. The van der Waals surface area contributed by atoms with Gasteiger partial charge in [-0.2, -0.15) is 4.98 Å². The van der Waals surface area contributed by atoms with Gasteiger partial charge in [0.2, 0.25) is 11.7 Å². The SMILES string of the molecule is COc1cc(Cc2cnc(N)nc2N)cc(OC)c1OCCNc1ccc(C(=O)NC(C(=O)O)C(C)C)cc1. The molecule has 1 heterocycles. The number of amides is 1. The Morgan fingerprint density at radius 1 is 1.05 bits per heavy atom. The van der Waals surface area contributed by atoms with E-state index in [0.29, 0.717) is 48.2 Å². The number of ether oxygens (including phenoxy) is 3. The van der Waals surface area contributed by atoms with Gasteiger partial charge in [-0.15, -0.1) is 0 Å². The zero-order valence-electron chi connectivity index (χ0n) is 22.4. The van der Waals surface area contributed by atoms with Crippen LogP contribution in [-0.4, -0.2) is 60.4 Å². The highest BCUT2D eigenvalue weighted by molar-refractivity contribution is 5.96. The third kappa shape index (κ3) is 7.63. The number of nitrogens with two attached hydrogens (primary N) is 2. The lowest BCUT2D eigenvalue weighted by atomic mass is 10.0. The standard InChI is InChI=1S/C27H34N6O6/c1-15(2)22(26(35)36)32-25(34)17-5-7-19(8-6-17)30-9-10-39-23-20(37-3)12-16(13-21(23)38-4)11-18-14-31-27(29)33-24(18)28/h5-8,12-15,22,30H,9-11H2,1-4H3,(H,32,34)(H,35,36)(H4,28,29,31,33). The van der Waals surface area contributed by atoms with Crippen LogP contribution in [0.2, 0.25) is 0 Å². The minimum atomic E-state index is -1.07. The highest BCUT2D eigenvalue weighted by Crippen LogP contribution is 2.39. The first-order valence-corrected chi connectivity index (χ1v) is 12.2. The van der Waals surface area contributed by atoms with E-state index in [0.717, 1.165) is 16.8 Å². The number of hydrogen-bond donors (Lipinski definition) is 5. The number of carboxylic acid groups (broad SMARTS) is 1. The summed E-state index contributed by atoms with van der Waals surface area (Å²) >= 11 is 0. The van der Waals surface area contributed by atoms with Crippen LogP contribution >= 0.6 is 0 Å². The number of aromatic nitrogens is 2. The number of nitrogens with zero attached hydrogens (tertiary/aromatic N) is 2. The molecule has 0 radical (unpaired) electrons. The Hall–Kier alpha value is -4.74. The second-order valence-electron chi connectivity index (χ2n) is 9.03. The monoisotopic (exact) mass is 538 g/mol. The van der Waals surface area contributed by atoms with Gasteiger partial charge in [0.1, 0.15) is 18.5 Å². The normalized spacial score (nSPS) is 11.5. The molecule has 1 unspecified atom stereocenters. The van der Waals surface area contributed by atoms with Gasteiger partial charge in [0, 0.05) is 36.0 Å². The molecule has 0 aliphatic carbocycles. The first kappa shape index (κ1) is 28.8. The van der Waals surface area contributed by atoms with Gasteiger partial charge in [-0.25, -0.2) is 9.78 Å². The van der Waals surface area contributed by atoms with Crippen molar-refractivity contribution >= 4 is 29.3 Å². The molecular weight excluding hydrogens is 504 g/mol. The van der Waals surface area contributed by atoms with Crippen LogP contribution in [0, 0.1) is 5.92 Å². The first-order valence-electron chi connectivity index (χ1n) is 12.2. The van der Waals surface area contributed by atoms with Crippen LogP contribution in [0.15, 0.2) is 42.6 Å². The molecule has 3 rings (SSSR count). The van der Waals surface area contributed by atoms with E-state index in [1.807, 2.05) is 12.1 Å². The Bertz CT molecular complexity index is 1270. The van der Waals surface area contributed by atoms with Gasteiger partial charge in [-0.05, 0) is 47.9 Å². The molecule has 12 heteroatoms. The van der Waals surface area contributed by atoms with E-state index in [4.69, 9.17) is 25.7 Å². The number of rotatable bonds is 13. The zero-order valence-corrected chi connectivity index (χ0v) is 22.4. The molecule has 0 saturated heterocycles. The van der Waals surface area contributed by atoms with Crippen molar-refractivity contribution in [1.82, 2.24) is 15.3 Å². The summed E-state index contributed by atoms with van der Waals surface area (Å²) in [5.74, 6) is 0.115. The van der Waals surface area contributed by atoms with Gasteiger partial charge < -0.3 is 41.4 Å². The molecule has 0 aliphatic heterocycles. The van der Waals surface area contributed by atoms with Crippen LogP contribution in [0.1, 0.15) is 35.3 Å². The summed E-state index contributed by atoms with van der Waals surface area (Å²) in [4.78, 5) is 31.7. The molecular formula is C27H34N6O6. The number of carbonyl (C=O) groups excluding carboxylic acids is 1. The van der Waals surface area contributed by atoms with Gasteiger partial charge in [-0.3, -0.25) is 4.79 Å². The molecule has 7 N–H and O–H groups in total. The van der Waals surface area contributed by atoms with Crippen molar-refractivity contribution in [3.63, 3.8) is 0 Å².